The number of hydrogen-bond donors (Lipinski definition) is 4. The number of hydrogen-bond acceptors (Lipinski definition) is 5. The maximum Gasteiger partial charge on any atom is 0.240 e. The standard InChI is InChI=1S/C9H14N4O3S/c1-12-9(14)5-13-7-3-2-6(10)4-8(7)17(11,15)16/h2-4,13H,5,10H2,1H3,(H,12,14)(H2,11,15,16). The van der Waals surface area contributed by atoms with Crippen molar-refractivity contribution in [2.75, 3.05) is 24.6 Å². The molecule has 0 radical (unpaired) electrons. The fourth-order valence-electron chi connectivity index (χ4n) is 1.18. The number of likely N-dealkylation sites (N-methyl/N-ethyl adjacent to an activating group) is 1. The monoisotopic (exact) mass is 258 g/mol. The fraction of sp³-hybridized carbons (Fsp3) is 0.222. The first-order chi connectivity index (χ1) is 7.84. The van der Waals surface area contributed by atoms with E-state index in [0.29, 0.717) is 0 Å². The molecule has 0 aliphatic heterocycles. The molecule has 7 nitrogen and oxygen atoms in total. The zero-order valence-electron chi connectivity index (χ0n) is 9.23. The second-order valence-corrected chi connectivity index (χ2v) is 4.86. The maximum atomic E-state index is 11.3. The van der Waals surface area contributed by atoms with Gasteiger partial charge in [0, 0.05) is 12.7 Å². The Kier molecular flexibility index (Phi) is 3.92. The van der Waals surface area contributed by atoms with Crippen LogP contribution in [-0.2, 0) is 14.8 Å². The number of benzene rings is 1. The van der Waals surface area contributed by atoms with E-state index in [-0.39, 0.29) is 28.7 Å². The molecule has 17 heavy (non-hydrogen) atoms. The van der Waals surface area contributed by atoms with Gasteiger partial charge in [-0.1, -0.05) is 0 Å². The molecule has 6 N–H and O–H groups in total. The molecule has 8 heteroatoms. The molecule has 1 amide bonds. The van der Waals surface area contributed by atoms with E-state index in [0.717, 1.165) is 0 Å². The van der Waals surface area contributed by atoms with E-state index in [2.05, 4.69) is 10.6 Å². The number of nitrogens with one attached hydrogen (secondary N) is 2. The van der Waals surface area contributed by atoms with Gasteiger partial charge in [0.1, 0.15) is 4.90 Å². The summed E-state index contributed by atoms with van der Waals surface area (Å²) in [5.41, 5.74) is 6.00. The predicted molar refractivity (Wildman–Crippen MR) is 64.8 cm³/mol. The van der Waals surface area contributed by atoms with Gasteiger partial charge in [-0.3, -0.25) is 4.79 Å². The highest BCUT2D eigenvalue weighted by Gasteiger charge is 2.14. The summed E-state index contributed by atoms with van der Waals surface area (Å²) in [5.74, 6) is -0.276. The molecule has 1 rings (SSSR count). The van der Waals surface area contributed by atoms with Crippen LogP contribution in [0.3, 0.4) is 0 Å². The smallest absolute Gasteiger partial charge is 0.240 e. The Morgan fingerprint density at radius 3 is 2.59 bits per heavy atom. The molecule has 0 spiro atoms. The maximum absolute atomic E-state index is 11.3. The van der Waals surface area contributed by atoms with Crippen LogP contribution in [0.5, 0.6) is 0 Å². The zero-order chi connectivity index (χ0) is 13.1. The van der Waals surface area contributed by atoms with Crippen LogP contribution in [0.15, 0.2) is 23.1 Å². The van der Waals surface area contributed by atoms with Crippen LogP contribution < -0.4 is 21.5 Å². The fourth-order valence-corrected chi connectivity index (χ4v) is 1.93. The molecule has 0 aliphatic carbocycles. The predicted octanol–water partition coefficient (Wildman–Crippen LogP) is -0.926. The molecule has 0 saturated heterocycles. The number of carbonyl (C=O) groups excluding carboxylic acids is 1. The third-order valence-electron chi connectivity index (χ3n) is 2.03. The molecule has 0 bridgehead atoms. The Morgan fingerprint density at radius 1 is 1.41 bits per heavy atom. The van der Waals surface area contributed by atoms with E-state index in [1.165, 1.54) is 25.2 Å². The van der Waals surface area contributed by atoms with E-state index in [9.17, 15) is 13.2 Å². The molecular formula is C9H14N4O3S. The topological polar surface area (TPSA) is 127 Å². The quantitative estimate of drug-likeness (QED) is 0.519. The van der Waals surface area contributed by atoms with Gasteiger partial charge in [-0.05, 0) is 18.2 Å². The highest BCUT2D eigenvalue weighted by atomic mass is 32.2. The van der Waals surface area contributed by atoms with E-state index >= 15 is 0 Å². The molecule has 0 unspecified atom stereocenters. The van der Waals surface area contributed by atoms with Crippen molar-refractivity contribution >= 4 is 27.3 Å². The first kappa shape index (κ1) is 13.3. The van der Waals surface area contributed by atoms with Gasteiger partial charge in [0.2, 0.25) is 15.9 Å². The van der Waals surface area contributed by atoms with Crippen molar-refractivity contribution in [3.05, 3.63) is 18.2 Å². The van der Waals surface area contributed by atoms with Gasteiger partial charge in [-0.2, -0.15) is 0 Å². The van der Waals surface area contributed by atoms with Crippen molar-refractivity contribution in [1.29, 1.82) is 0 Å². The second-order valence-electron chi connectivity index (χ2n) is 3.33. The van der Waals surface area contributed by atoms with E-state index < -0.39 is 10.0 Å². The Hall–Kier alpha value is -1.80. The molecule has 0 atom stereocenters. The van der Waals surface area contributed by atoms with Crippen LogP contribution in [-0.4, -0.2) is 27.9 Å². The average molecular weight is 258 g/mol. The molecule has 1 aromatic rings. The van der Waals surface area contributed by atoms with Crippen molar-refractivity contribution < 1.29 is 13.2 Å². The lowest BCUT2D eigenvalue weighted by Crippen LogP contribution is -2.27. The number of anilines is 2. The SMILES string of the molecule is CNC(=O)CNc1ccc(N)cc1S(N)(=O)=O. The van der Waals surface area contributed by atoms with Gasteiger partial charge >= 0.3 is 0 Å². The molecule has 0 aliphatic rings. The lowest BCUT2D eigenvalue weighted by molar-refractivity contribution is -0.118. The largest absolute Gasteiger partial charge is 0.399 e. The molecular weight excluding hydrogens is 244 g/mol. The minimum Gasteiger partial charge on any atom is -0.399 e. The molecule has 0 saturated carbocycles. The highest BCUT2D eigenvalue weighted by Crippen LogP contribution is 2.22. The zero-order valence-corrected chi connectivity index (χ0v) is 10.0. The van der Waals surface area contributed by atoms with E-state index in [1.807, 2.05) is 0 Å². The van der Waals surface area contributed by atoms with Gasteiger partial charge < -0.3 is 16.4 Å². The van der Waals surface area contributed by atoms with Crippen molar-refractivity contribution in [3.63, 3.8) is 0 Å². The summed E-state index contributed by atoms with van der Waals surface area (Å²) < 4.78 is 22.6. The number of carbonyl (C=O) groups is 1. The molecule has 0 heterocycles. The highest BCUT2D eigenvalue weighted by molar-refractivity contribution is 7.89. The summed E-state index contributed by atoms with van der Waals surface area (Å²) in [4.78, 5) is 10.9. The van der Waals surface area contributed by atoms with E-state index in [1.54, 1.807) is 0 Å². The number of sulfonamides is 1. The van der Waals surface area contributed by atoms with Crippen molar-refractivity contribution in [2.24, 2.45) is 5.14 Å². The normalized spacial score (nSPS) is 10.9. The van der Waals surface area contributed by atoms with Gasteiger partial charge in [-0.15, -0.1) is 0 Å². The van der Waals surface area contributed by atoms with Crippen molar-refractivity contribution in [2.45, 2.75) is 4.90 Å². The van der Waals surface area contributed by atoms with E-state index in [4.69, 9.17) is 10.9 Å². The van der Waals surface area contributed by atoms with Gasteiger partial charge in [0.05, 0.1) is 12.2 Å². The Bertz CT molecular complexity index is 527. The number of primary sulfonamides is 1. The van der Waals surface area contributed by atoms with Gasteiger partial charge in [0.25, 0.3) is 0 Å². The summed E-state index contributed by atoms with van der Waals surface area (Å²) in [7, 11) is -2.41. The first-order valence-corrected chi connectivity index (χ1v) is 6.26. The van der Waals surface area contributed by atoms with Crippen molar-refractivity contribution in [3.8, 4) is 0 Å². The minimum atomic E-state index is -3.88. The summed E-state index contributed by atoms with van der Waals surface area (Å²) in [5, 5.41) is 10.1. The summed E-state index contributed by atoms with van der Waals surface area (Å²) in [6.45, 7) is -0.0526. The van der Waals surface area contributed by atoms with Crippen molar-refractivity contribution in [1.82, 2.24) is 5.32 Å². The Labute approximate surface area is 99.2 Å². The molecule has 94 valence electrons. The molecule has 1 aromatic carbocycles. The number of rotatable bonds is 4. The first-order valence-electron chi connectivity index (χ1n) is 4.71. The van der Waals surface area contributed by atoms with Crippen LogP contribution >= 0.6 is 0 Å². The minimum absolute atomic E-state index is 0.0526. The van der Waals surface area contributed by atoms with Gasteiger partial charge in [0.15, 0.2) is 0 Å². The third kappa shape index (κ3) is 3.61. The Morgan fingerprint density at radius 2 is 2.06 bits per heavy atom. The number of nitrogens with two attached hydrogens (primary N) is 2. The summed E-state index contributed by atoms with van der Waals surface area (Å²) in [6.07, 6.45) is 0. The third-order valence-corrected chi connectivity index (χ3v) is 2.98. The number of amides is 1. The van der Waals surface area contributed by atoms with Crippen LogP contribution in [0.25, 0.3) is 0 Å². The second kappa shape index (κ2) is 5.02. The Balaban J connectivity index is 3.04. The average Bonchev–Trinajstić information content (AvgIpc) is 2.25. The lowest BCUT2D eigenvalue weighted by Gasteiger charge is -2.10. The van der Waals surface area contributed by atoms with Crippen LogP contribution in [0.2, 0.25) is 0 Å². The van der Waals surface area contributed by atoms with Crippen LogP contribution in [0.4, 0.5) is 11.4 Å². The van der Waals surface area contributed by atoms with Gasteiger partial charge in [-0.25, -0.2) is 13.6 Å². The molecule has 0 fully saturated rings. The summed E-state index contributed by atoms with van der Waals surface area (Å²) in [6, 6.07) is 4.21. The number of nitrogen functional groups attached to an aromatic ring is 1. The van der Waals surface area contributed by atoms with Crippen LogP contribution in [0, 0.1) is 0 Å². The lowest BCUT2D eigenvalue weighted by atomic mass is 10.3. The van der Waals surface area contributed by atoms with Crippen LogP contribution in [0.1, 0.15) is 0 Å². The summed E-state index contributed by atoms with van der Waals surface area (Å²) >= 11 is 0. The molecule has 0 aromatic heterocycles.